The Labute approximate surface area is 140 Å². The van der Waals surface area contributed by atoms with Gasteiger partial charge < -0.3 is 10.1 Å². The number of halogens is 2. The summed E-state index contributed by atoms with van der Waals surface area (Å²) in [5.74, 6) is 0.719. The van der Waals surface area contributed by atoms with Crippen molar-refractivity contribution >= 4 is 29.1 Å². The average molecular weight is 338 g/mol. The quantitative estimate of drug-likeness (QED) is 0.867. The Morgan fingerprint density at radius 2 is 2.00 bits per heavy atom. The van der Waals surface area contributed by atoms with E-state index in [0.29, 0.717) is 29.4 Å². The van der Waals surface area contributed by atoms with Crippen molar-refractivity contribution in [3.63, 3.8) is 0 Å². The summed E-state index contributed by atoms with van der Waals surface area (Å²) in [5.41, 5.74) is 1.88. The number of rotatable bonds is 6. The first kappa shape index (κ1) is 16.7. The zero-order chi connectivity index (χ0) is 15.9. The number of methoxy groups -OCH3 is 1. The predicted molar refractivity (Wildman–Crippen MR) is 89.9 cm³/mol. The minimum absolute atomic E-state index is 0.0293. The van der Waals surface area contributed by atoms with Gasteiger partial charge in [-0.05, 0) is 41.8 Å². The normalized spacial score (nSPS) is 10.3. The molecule has 0 saturated heterocycles. The highest BCUT2D eigenvalue weighted by Gasteiger charge is 2.06. The van der Waals surface area contributed by atoms with E-state index in [0.717, 1.165) is 16.9 Å². The molecule has 2 aromatic carbocycles. The van der Waals surface area contributed by atoms with Gasteiger partial charge in [-0.15, -0.1) is 0 Å². The third kappa shape index (κ3) is 4.93. The van der Waals surface area contributed by atoms with E-state index >= 15 is 0 Å². The summed E-state index contributed by atoms with van der Waals surface area (Å²) in [6.07, 6.45) is 0.991. The van der Waals surface area contributed by atoms with Crippen molar-refractivity contribution in [1.29, 1.82) is 0 Å². The van der Waals surface area contributed by atoms with Gasteiger partial charge >= 0.3 is 0 Å². The van der Waals surface area contributed by atoms with Gasteiger partial charge in [-0.3, -0.25) is 4.79 Å². The van der Waals surface area contributed by atoms with Gasteiger partial charge in [-0.25, -0.2) is 0 Å². The second-order valence-electron chi connectivity index (χ2n) is 4.86. The van der Waals surface area contributed by atoms with Crippen LogP contribution in [0, 0.1) is 0 Å². The van der Waals surface area contributed by atoms with E-state index in [9.17, 15) is 4.79 Å². The third-order valence-electron chi connectivity index (χ3n) is 3.23. The van der Waals surface area contributed by atoms with E-state index in [4.69, 9.17) is 27.9 Å². The molecule has 116 valence electrons. The van der Waals surface area contributed by atoms with Gasteiger partial charge in [0.1, 0.15) is 5.75 Å². The van der Waals surface area contributed by atoms with Crippen LogP contribution in [0.25, 0.3) is 0 Å². The Balaban J connectivity index is 1.82. The maximum Gasteiger partial charge on any atom is 0.224 e. The number of benzene rings is 2. The zero-order valence-corrected chi connectivity index (χ0v) is 13.7. The molecule has 1 N–H and O–H groups in total. The monoisotopic (exact) mass is 337 g/mol. The molecule has 0 aliphatic carbocycles. The van der Waals surface area contributed by atoms with E-state index in [1.807, 2.05) is 30.3 Å². The Bertz CT molecular complexity index is 659. The van der Waals surface area contributed by atoms with Crippen LogP contribution in [0.5, 0.6) is 5.75 Å². The summed E-state index contributed by atoms with van der Waals surface area (Å²) >= 11 is 11.9. The van der Waals surface area contributed by atoms with Crippen molar-refractivity contribution in [3.05, 3.63) is 63.6 Å². The molecule has 0 aromatic heterocycles. The molecule has 1 amide bonds. The van der Waals surface area contributed by atoms with E-state index in [1.54, 1.807) is 19.2 Å². The highest BCUT2D eigenvalue weighted by atomic mass is 35.5. The molecule has 3 nitrogen and oxygen atoms in total. The Kier molecular flexibility index (Phi) is 6.10. The number of hydrogen-bond acceptors (Lipinski definition) is 2. The van der Waals surface area contributed by atoms with E-state index < -0.39 is 0 Å². The smallest absolute Gasteiger partial charge is 0.224 e. The first-order valence-electron chi connectivity index (χ1n) is 6.92. The van der Waals surface area contributed by atoms with Gasteiger partial charge in [-0.2, -0.15) is 0 Å². The number of amides is 1. The minimum Gasteiger partial charge on any atom is -0.497 e. The fraction of sp³-hybridized carbons (Fsp3) is 0.235. The second-order valence-corrected chi connectivity index (χ2v) is 5.71. The summed E-state index contributed by atoms with van der Waals surface area (Å²) < 4.78 is 5.14. The molecule has 2 aromatic rings. The average Bonchev–Trinajstić information content (AvgIpc) is 2.49. The van der Waals surface area contributed by atoms with Crippen LogP contribution < -0.4 is 10.1 Å². The van der Waals surface area contributed by atoms with Crippen LogP contribution >= 0.6 is 23.2 Å². The number of carbonyl (C=O) groups excluding carboxylic acids is 1. The lowest BCUT2D eigenvalue weighted by Crippen LogP contribution is -2.27. The Morgan fingerprint density at radius 3 is 2.73 bits per heavy atom. The van der Waals surface area contributed by atoms with Crippen molar-refractivity contribution < 1.29 is 9.53 Å². The van der Waals surface area contributed by atoms with Crippen molar-refractivity contribution in [2.24, 2.45) is 0 Å². The maximum absolute atomic E-state index is 11.9. The molecule has 0 aliphatic heterocycles. The Morgan fingerprint density at radius 1 is 1.18 bits per heavy atom. The standard InChI is InChI=1S/C17H17Cl2NO2/c1-22-15-4-2-3-12(9-15)10-17(21)20-8-7-13-5-6-14(18)11-16(13)19/h2-6,9,11H,7-8,10H2,1H3,(H,20,21). The van der Waals surface area contributed by atoms with E-state index in [1.165, 1.54) is 0 Å². The molecule has 5 heteroatoms. The first-order valence-corrected chi connectivity index (χ1v) is 7.67. The van der Waals surface area contributed by atoms with Gasteiger partial charge in [0, 0.05) is 16.6 Å². The summed E-state index contributed by atoms with van der Waals surface area (Å²) in [5, 5.41) is 4.11. The number of nitrogens with one attached hydrogen (secondary N) is 1. The second kappa shape index (κ2) is 8.06. The summed E-state index contributed by atoms with van der Waals surface area (Å²) in [4.78, 5) is 11.9. The molecule has 0 spiro atoms. The van der Waals surface area contributed by atoms with Crippen LogP contribution in [0.1, 0.15) is 11.1 Å². The maximum atomic E-state index is 11.9. The number of carbonyl (C=O) groups is 1. The fourth-order valence-electron chi connectivity index (χ4n) is 2.09. The molecular weight excluding hydrogens is 321 g/mol. The molecule has 0 saturated carbocycles. The lowest BCUT2D eigenvalue weighted by Gasteiger charge is -2.08. The lowest BCUT2D eigenvalue weighted by molar-refractivity contribution is -0.120. The molecule has 2 rings (SSSR count). The minimum atomic E-state index is -0.0293. The first-order chi connectivity index (χ1) is 10.6. The largest absolute Gasteiger partial charge is 0.497 e. The molecule has 0 radical (unpaired) electrons. The fourth-order valence-corrected chi connectivity index (χ4v) is 2.59. The van der Waals surface area contributed by atoms with Crippen LogP contribution in [-0.2, 0) is 17.6 Å². The van der Waals surface area contributed by atoms with E-state index in [-0.39, 0.29) is 5.91 Å². The van der Waals surface area contributed by atoms with E-state index in [2.05, 4.69) is 5.32 Å². The van der Waals surface area contributed by atoms with Gasteiger partial charge in [0.15, 0.2) is 0 Å². The predicted octanol–water partition coefficient (Wildman–Crippen LogP) is 3.90. The molecule has 22 heavy (non-hydrogen) atoms. The van der Waals surface area contributed by atoms with Gasteiger partial charge in [0.05, 0.1) is 13.5 Å². The Hall–Kier alpha value is -1.71. The van der Waals surface area contributed by atoms with Crippen molar-refractivity contribution in [3.8, 4) is 5.75 Å². The van der Waals surface area contributed by atoms with Crippen LogP contribution in [0.15, 0.2) is 42.5 Å². The summed E-state index contributed by atoms with van der Waals surface area (Å²) in [6.45, 7) is 0.532. The zero-order valence-electron chi connectivity index (χ0n) is 12.2. The number of hydrogen-bond donors (Lipinski definition) is 1. The van der Waals surface area contributed by atoms with Crippen molar-refractivity contribution in [1.82, 2.24) is 5.32 Å². The third-order valence-corrected chi connectivity index (χ3v) is 3.82. The van der Waals surface area contributed by atoms with Crippen molar-refractivity contribution in [2.45, 2.75) is 12.8 Å². The van der Waals surface area contributed by atoms with Crippen LogP contribution in [0.3, 0.4) is 0 Å². The highest BCUT2D eigenvalue weighted by molar-refractivity contribution is 6.35. The highest BCUT2D eigenvalue weighted by Crippen LogP contribution is 2.21. The molecule has 0 bridgehead atoms. The summed E-state index contributed by atoms with van der Waals surface area (Å²) in [7, 11) is 1.61. The molecular formula is C17H17Cl2NO2. The topological polar surface area (TPSA) is 38.3 Å². The number of ether oxygens (including phenoxy) is 1. The van der Waals surface area contributed by atoms with Crippen LogP contribution in [0.4, 0.5) is 0 Å². The SMILES string of the molecule is COc1cccc(CC(=O)NCCc2ccc(Cl)cc2Cl)c1. The molecule has 0 atom stereocenters. The van der Waals surface area contributed by atoms with Gasteiger partial charge in [0.2, 0.25) is 5.91 Å². The molecule has 0 fully saturated rings. The molecule has 0 unspecified atom stereocenters. The van der Waals surface area contributed by atoms with Gasteiger partial charge in [0.25, 0.3) is 0 Å². The summed E-state index contributed by atoms with van der Waals surface area (Å²) in [6, 6.07) is 12.9. The van der Waals surface area contributed by atoms with Crippen LogP contribution in [0.2, 0.25) is 10.0 Å². The molecule has 0 aliphatic rings. The van der Waals surface area contributed by atoms with Gasteiger partial charge in [-0.1, -0.05) is 41.4 Å². The van der Waals surface area contributed by atoms with Crippen molar-refractivity contribution in [2.75, 3.05) is 13.7 Å². The lowest BCUT2D eigenvalue weighted by atomic mass is 10.1. The van der Waals surface area contributed by atoms with Crippen LogP contribution in [-0.4, -0.2) is 19.6 Å². The molecule has 0 heterocycles.